The van der Waals surface area contributed by atoms with Crippen LogP contribution in [-0.2, 0) is 19.9 Å². The van der Waals surface area contributed by atoms with Crippen LogP contribution in [0, 0.1) is 0 Å². The number of alkyl halides is 3. The number of benzene rings is 4. The summed E-state index contributed by atoms with van der Waals surface area (Å²) >= 11 is 7.57. The predicted octanol–water partition coefficient (Wildman–Crippen LogP) is 9.48. The quantitative estimate of drug-likeness (QED) is 0.0473. The van der Waals surface area contributed by atoms with Crippen molar-refractivity contribution in [2.75, 3.05) is 55.7 Å². The summed E-state index contributed by atoms with van der Waals surface area (Å²) in [6.07, 6.45) is 5.99. The number of allylic oxidation sites excluding steroid dienone is 1. The van der Waals surface area contributed by atoms with Crippen LogP contribution in [0.2, 0.25) is 5.02 Å². The molecule has 1 atom stereocenters. The molecule has 0 saturated carbocycles. The number of hydrogen-bond donors (Lipinski definition) is 4. The van der Waals surface area contributed by atoms with Gasteiger partial charge in [0.25, 0.3) is 25.8 Å². The molecule has 1 aliphatic carbocycles. The lowest BCUT2D eigenvalue weighted by Crippen LogP contribution is -2.33. The standard InChI is InChI=1S/C44H53ClF3N5O5S3/c1-3-53(4-2)28-25-37(31-59-38-12-8-6-9-13-38)51-41-24-23-39(29-42(41)60(55,56)44(46,47)48)61(57,58)52-43(54)33-17-21-36(22-18-33)50-27-26-49-30-34-11-7-5-10-14-40(34)32-15-19-35(45)20-16-32/h6,8-9,12-13,15-24,29,37,49-51H,3-5,7,10-11,14,25-28,30-31H2,1-2H3,(H,52,54)/t37-/m1/s1. The Hall–Kier alpha value is -4.06. The first-order valence-electron chi connectivity index (χ1n) is 20.3. The van der Waals surface area contributed by atoms with Crippen LogP contribution in [0.3, 0.4) is 0 Å². The van der Waals surface area contributed by atoms with Crippen molar-refractivity contribution in [3.05, 3.63) is 119 Å². The van der Waals surface area contributed by atoms with Crippen LogP contribution in [0.4, 0.5) is 24.5 Å². The van der Waals surface area contributed by atoms with Crippen molar-refractivity contribution in [3.8, 4) is 0 Å². The number of halogens is 4. The molecule has 4 aromatic rings. The molecule has 4 N–H and O–H groups in total. The Bertz CT molecular complexity index is 2310. The molecule has 1 aliphatic rings. The molecule has 0 saturated heterocycles. The van der Waals surface area contributed by atoms with Crippen LogP contribution in [0.25, 0.3) is 5.57 Å². The number of nitrogens with one attached hydrogen (secondary N) is 4. The van der Waals surface area contributed by atoms with E-state index in [-0.39, 0.29) is 5.56 Å². The van der Waals surface area contributed by atoms with Gasteiger partial charge < -0.3 is 20.9 Å². The highest BCUT2D eigenvalue weighted by Gasteiger charge is 2.48. The Morgan fingerprint density at radius 2 is 1.54 bits per heavy atom. The summed E-state index contributed by atoms with van der Waals surface area (Å²) in [5.74, 6) is -0.665. The molecule has 330 valence electrons. The number of anilines is 2. The summed E-state index contributed by atoms with van der Waals surface area (Å²) in [6.45, 7) is 8.02. The molecule has 0 bridgehead atoms. The van der Waals surface area contributed by atoms with Crippen molar-refractivity contribution < 1.29 is 34.8 Å². The first-order chi connectivity index (χ1) is 29.1. The molecule has 1 amide bonds. The number of thioether (sulfide) groups is 1. The van der Waals surface area contributed by atoms with E-state index in [9.17, 15) is 34.8 Å². The number of sulfone groups is 1. The molecule has 17 heteroatoms. The van der Waals surface area contributed by atoms with E-state index in [1.54, 1.807) is 12.1 Å². The number of nitrogens with zero attached hydrogens (tertiary/aromatic N) is 1. The third-order valence-corrected chi connectivity index (χ3v) is 14.7. The fourth-order valence-electron chi connectivity index (χ4n) is 7.00. The Morgan fingerprint density at radius 3 is 2.21 bits per heavy atom. The second kappa shape index (κ2) is 22.3. The summed E-state index contributed by atoms with van der Waals surface area (Å²) in [7, 11) is -10.9. The molecule has 0 fully saturated rings. The van der Waals surface area contributed by atoms with Crippen molar-refractivity contribution in [1.29, 1.82) is 0 Å². The van der Waals surface area contributed by atoms with Gasteiger partial charge in [0.05, 0.1) is 10.6 Å². The van der Waals surface area contributed by atoms with Crippen molar-refractivity contribution in [2.45, 2.75) is 78.6 Å². The largest absolute Gasteiger partial charge is 0.501 e. The van der Waals surface area contributed by atoms with Crippen LogP contribution < -0.4 is 20.7 Å². The molecule has 0 spiro atoms. The van der Waals surface area contributed by atoms with Gasteiger partial charge >= 0.3 is 5.51 Å². The maximum absolute atomic E-state index is 14.1. The smallest absolute Gasteiger partial charge is 0.384 e. The van der Waals surface area contributed by atoms with Gasteiger partial charge in [-0.2, -0.15) is 13.2 Å². The summed E-state index contributed by atoms with van der Waals surface area (Å²) in [5.41, 5.74) is -1.53. The number of carbonyl (C=O) groups is 1. The minimum atomic E-state index is -6.04. The molecular weight excluding hydrogens is 867 g/mol. The first-order valence-corrected chi connectivity index (χ1v) is 24.6. The van der Waals surface area contributed by atoms with Gasteiger partial charge in [-0.3, -0.25) is 4.79 Å². The molecule has 0 aliphatic heterocycles. The molecule has 0 heterocycles. The van der Waals surface area contributed by atoms with E-state index in [1.807, 2.05) is 61.0 Å². The lowest BCUT2D eigenvalue weighted by atomic mass is 9.96. The van der Waals surface area contributed by atoms with Gasteiger partial charge in [-0.25, -0.2) is 21.6 Å². The SMILES string of the molecule is CCN(CC)CC[C@H](CSc1ccccc1)Nc1ccc(S(=O)(=O)NC(=O)c2ccc(NCCNCC3=C(c4ccc(Cl)cc4)CCCCC3)cc2)cc1S(=O)(=O)C(F)(F)F. The van der Waals surface area contributed by atoms with Crippen LogP contribution >= 0.6 is 23.4 Å². The fraction of sp³-hybridized carbons (Fsp3) is 0.386. The van der Waals surface area contributed by atoms with E-state index in [4.69, 9.17) is 11.6 Å². The zero-order chi connectivity index (χ0) is 44.0. The molecule has 0 aromatic heterocycles. The number of sulfonamides is 1. The Labute approximate surface area is 367 Å². The molecule has 0 radical (unpaired) electrons. The maximum atomic E-state index is 14.1. The van der Waals surface area contributed by atoms with Gasteiger partial charge in [-0.1, -0.05) is 67.8 Å². The second-order valence-corrected chi connectivity index (χ2v) is 19.8. The summed E-state index contributed by atoms with van der Waals surface area (Å²) < 4.78 is 96.8. The van der Waals surface area contributed by atoms with Gasteiger partial charge in [0, 0.05) is 59.1 Å². The average Bonchev–Trinajstić information content (AvgIpc) is 3.48. The zero-order valence-electron chi connectivity index (χ0n) is 34.2. The van der Waals surface area contributed by atoms with Crippen molar-refractivity contribution in [3.63, 3.8) is 0 Å². The lowest BCUT2D eigenvalue weighted by Gasteiger charge is -2.25. The van der Waals surface area contributed by atoms with Gasteiger partial charge in [0.15, 0.2) is 0 Å². The Balaban J connectivity index is 1.24. The minimum absolute atomic E-state index is 0.0318. The van der Waals surface area contributed by atoms with Crippen LogP contribution in [0.1, 0.15) is 68.3 Å². The van der Waals surface area contributed by atoms with Gasteiger partial charge in [0.1, 0.15) is 4.90 Å². The summed E-state index contributed by atoms with van der Waals surface area (Å²) in [5, 5.41) is 10.5. The van der Waals surface area contributed by atoms with Crippen molar-refractivity contribution in [2.24, 2.45) is 0 Å². The molecule has 61 heavy (non-hydrogen) atoms. The predicted molar refractivity (Wildman–Crippen MR) is 241 cm³/mol. The third-order valence-electron chi connectivity index (χ3n) is 10.5. The van der Waals surface area contributed by atoms with Gasteiger partial charge in [-0.15, -0.1) is 11.8 Å². The molecule has 5 rings (SSSR count). The summed E-state index contributed by atoms with van der Waals surface area (Å²) in [4.78, 5) is 14.1. The van der Waals surface area contributed by atoms with E-state index in [2.05, 4.69) is 33.0 Å². The number of rotatable bonds is 21. The van der Waals surface area contributed by atoms with Gasteiger partial charge in [0.2, 0.25) is 0 Å². The molecule has 0 unspecified atom stereocenters. The highest BCUT2D eigenvalue weighted by Crippen LogP contribution is 2.37. The van der Waals surface area contributed by atoms with E-state index in [0.717, 1.165) is 62.3 Å². The fourth-order valence-corrected chi connectivity index (χ4v) is 10.1. The maximum Gasteiger partial charge on any atom is 0.501 e. The van der Waals surface area contributed by atoms with Crippen molar-refractivity contribution in [1.82, 2.24) is 14.9 Å². The average molecular weight is 921 g/mol. The highest BCUT2D eigenvalue weighted by atomic mass is 35.5. The molecule has 4 aromatic carbocycles. The van der Waals surface area contributed by atoms with E-state index in [0.29, 0.717) is 48.6 Å². The lowest BCUT2D eigenvalue weighted by molar-refractivity contribution is -0.0435. The number of hydrogen-bond acceptors (Lipinski definition) is 10. The molecular formula is C44H53ClF3N5O5S3. The molecule has 10 nitrogen and oxygen atoms in total. The summed E-state index contributed by atoms with van der Waals surface area (Å²) in [6, 6.07) is 25.3. The van der Waals surface area contributed by atoms with Crippen molar-refractivity contribution >= 4 is 66.1 Å². The van der Waals surface area contributed by atoms with Gasteiger partial charge in [-0.05, 0) is 123 Å². The first kappa shape index (κ1) is 48.0. The number of carbonyl (C=O) groups excluding carboxylic acids is 1. The number of amides is 1. The second-order valence-electron chi connectivity index (χ2n) is 14.7. The minimum Gasteiger partial charge on any atom is -0.384 e. The topological polar surface area (TPSA) is 137 Å². The van der Waals surface area contributed by atoms with Crippen LogP contribution in [0.15, 0.2) is 117 Å². The van der Waals surface area contributed by atoms with E-state index in [1.165, 1.54) is 47.0 Å². The van der Waals surface area contributed by atoms with E-state index < -0.39 is 52.8 Å². The Morgan fingerprint density at radius 1 is 0.852 bits per heavy atom. The normalized spacial score (nSPS) is 14.4. The highest BCUT2D eigenvalue weighted by molar-refractivity contribution is 7.99. The van der Waals surface area contributed by atoms with Crippen LogP contribution in [0.5, 0.6) is 0 Å². The Kier molecular flexibility index (Phi) is 17.6. The van der Waals surface area contributed by atoms with E-state index >= 15 is 0 Å². The monoisotopic (exact) mass is 919 g/mol. The zero-order valence-corrected chi connectivity index (χ0v) is 37.4. The van der Waals surface area contributed by atoms with Crippen LogP contribution in [-0.4, -0.2) is 84.2 Å². The third kappa shape index (κ3) is 13.7.